The molecule has 0 atom stereocenters. The van der Waals surface area contributed by atoms with Gasteiger partial charge in [0.15, 0.2) is 0 Å². The van der Waals surface area contributed by atoms with Gasteiger partial charge in [-0.25, -0.2) is 0 Å². The van der Waals surface area contributed by atoms with Crippen LogP contribution in [0.2, 0.25) is 0 Å². The van der Waals surface area contributed by atoms with Crippen molar-refractivity contribution in [3.05, 3.63) is 35.9 Å². The van der Waals surface area contributed by atoms with Crippen LogP contribution in [0.4, 0.5) is 0 Å². The molecule has 0 amide bonds. The maximum absolute atomic E-state index is 11.1. The Morgan fingerprint density at radius 2 is 1.79 bits per heavy atom. The molecule has 1 aromatic rings. The predicted octanol–water partition coefficient (Wildman–Crippen LogP) is 2.94. The molecule has 1 aromatic carbocycles. The van der Waals surface area contributed by atoms with Gasteiger partial charge in [0.1, 0.15) is 6.29 Å². The molecule has 0 heterocycles. The Labute approximate surface area is 85.1 Å². The molecule has 14 heavy (non-hydrogen) atoms. The second-order valence-electron chi connectivity index (χ2n) is 4.77. The monoisotopic (exact) mass is 188 g/mol. The highest BCUT2D eigenvalue weighted by Gasteiger charge is 2.54. The van der Waals surface area contributed by atoms with Crippen molar-refractivity contribution in [2.45, 2.75) is 32.1 Å². The lowest BCUT2D eigenvalue weighted by Crippen LogP contribution is -2.31. The summed E-state index contributed by atoms with van der Waals surface area (Å²) in [5.74, 6) is 0. The number of aldehydes is 1. The molecule has 0 aliphatic heterocycles. The molecule has 74 valence electrons. The predicted molar refractivity (Wildman–Crippen MR) is 57.2 cm³/mol. The van der Waals surface area contributed by atoms with Crippen LogP contribution in [0.1, 0.15) is 32.3 Å². The topological polar surface area (TPSA) is 17.1 Å². The molecule has 1 aliphatic carbocycles. The Morgan fingerprint density at radius 3 is 2.21 bits per heavy atom. The molecule has 1 fully saturated rings. The lowest BCUT2D eigenvalue weighted by molar-refractivity contribution is -0.114. The third-order valence-electron chi connectivity index (χ3n) is 3.75. The smallest absolute Gasteiger partial charge is 0.127 e. The van der Waals surface area contributed by atoms with E-state index in [1.807, 2.05) is 18.2 Å². The maximum Gasteiger partial charge on any atom is 0.127 e. The van der Waals surface area contributed by atoms with Gasteiger partial charge >= 0.3 is 0 Å². The number of rotatable bonds is 3. The van der Waals surface area contributed by atoms with Crippen LogP contribution in [0.5, 0.6) is 0 Å². The van der Waals surface area contributed by atoms with Crippen molar-refractivity contribution in [2.75, 3.05) is 0 Å². The lowest BCUT2D eigenvalue weighted by atomic mass is 9.71. The molecule has 0 radical (unpaired) electrons. The molecule has 0 N–H and O–H groups in total. The first kappa shape index (κ1) is 9.45. The van der Waals surface area contributed by atoms with Crippen molar-refractivity contribution >= 4 is 6.29 Å². The van der Waals surface area contributed by atoms with Crippen LogP contribution >= 0.6 is 0 Å². The van der Waals surface area contributed by atoms with Gasteiger partial charge in [0.2, 0.25) is 0 Å². The number of benzene rings is 1. The molecular weight excluding hydrogens is 172 g/mol. The van der Waals surface area contributed by atoms with E-state index in [4.69, 9.17) is 0 Å². The molecule has 0 saturated heterocycles. The third kappa shape index (κ3) is 1.19. The molecule has 0 unspecified atom stereocenters. The Bertz CT molecular complexity index is 334. The zero-order valence-corrected chi connectivity index (χ0v) is 8.79. The van der Waals surface area contributed by atoms with Crippen LogP contribution in [-0.4, -0.2) is 6.29 Å². The Balaban J connectivity index is 2.38. The first-order valence-corrected chi connectivity index (χ1v) is 5.14. The summed E-state index contributed by atoms with van der Waals surface area (Å²) in [4.78, 5) is 11.1. The average molecular weight is 188 g/mol. The van der Waals surface area contributed by atoms with Crippen molar-refractivity contribution < 1.29 is 4.79 Å². The van der Waals surface area contributed by atoms with E-state index in [1.54, 1.807) is 0 Å². The van der Waals surface area contributed by atoms with Gasteiger partial charge in [0, 0.05) is 10.8 Å². The van der Waals surface area contributed by atoms with E-state index in [0.29, 0.717) is 0 Å². The Morgan fingerprint density at radius 1 is 1.21 bits per heavy atom. The second kappa shape index (κ2) is 2.94. The van der Waals surface area contributed by atoms with Gasteiger partial charge in [-0.15, -0.1) is 0 Å². The van der Waals surface area contributed by atoms with E-state index >= 15 is 0 Å². The minimum atomic E-state index is -0.0889. The molecule has 1 heteroatoms. The van der Waals surface area contributed by atoms with E-state index in [0.717, 1.165) is 19.1 Å². The van der Waals surface area contributed by atoms with Crippen LogP contribution in [-0.2, 0) is 10.2 Å². The highest BCUT2D eigenvalue weighted by Crippen LogP contribution is 2.57. The standard InChI is InChI=1S/C13H16O/c1-12(2,13(10-14)8-9-13)11-6-4-3-5-7-11/h3-7,10H,8-9H2,1-2H3. The molecule has 2 rings (SSSR count). The fourth-order valence-corrected chi connectivity index (χ4v) is 2.17. The number of hydrogen-bond acceptors (Lipinski definition) is 1. The minimum Gasteiger partial charge on any atom is -0.303 e. The molecule has 0 aromatic heterocycles. The molecule has 1 aliphatic rings. The summed E-state index contributed by atoms with van der Waals surface area (Å²) in [5.41, 5.74) is 1.16. The summed E-state index contributed by atoms with van der Waals surface area (Å²) >= 11 is 0. The van der Waals surface area contributed by atoms with Crippen molar-refractivity contribution in [1.82, 2.24) is 0 Å². The van der Waals surface area contributed by atoms with Crippen molar-refractivity contribution in [1.29, 1.82) is 0 Å². The molecule has 0 spiro atoms. The summed E-state index contributed by atoms with van der Waals surface area (Å²) in [6.45, 7) is 4.34. The van der Waals surface area contributed by atoms with Gasteiger partial charge in [0.05, 0.1) is 0 Å². The molecule has 1 saturated carbocycles. The largest absolute Gasteiger partial charge is 0.303 e. The fraction of sp³-hybridized carbons (Fsp3) is 0.462. The van der Waals surface area contributed by atoms with Gasteiger partial charge in [0.25, 0.3) is 0 Å². The minimum absolute atomic E-state index is 0.0178. The van der Waals surface area contributed by atoms with Gasteiger partial charge in [-0.3, -0.25) is 0 Å². The normalized spacial score (nSPS) is 19.0. The SMILES string of the molecule is CC(C)(c1ccccc1)C1(C=O)CC1. The van der Waals surface area contributed by atoms with E-state index in [2.05, 4.69) is 26.0 Å². The first-order valence-electron chi connectivity index (χ1n) is 5.14. The van der Waals surface area contributed by atoms with Crippen LogP contribution in [0.3, 0.4) is 0 Å². The van der Waals surface area contributed by atoms with Crippen molar-refractivity contribution in [3.8, 4) is 0 Å². The van der Waals surface area contributed by atoms with E-state index in [9.17, 15) is 4.79 Å². The average Bonchev–Trinajstić information content (AvgIpc) is 3.00. The summed E-state index contributed by atoms with van der Waals surface area (Å²) in [5, 5.41) is 0. The quantitative estimate of drug-likeness (QED) is 0.666. The van der Waals surface area contributed by atoms with E-state index in [1.165, 1.54) is 5.56 Å². The zero-order valence-electron chi connectivity index (χ0n) is 8.79. The van der Waals surface area contributed by atoms with Gasteiger partial charge in [-0.1, -0.05) is 44.2 Å². The van der Waals surface area contributed by atoms with E-state index in [-0.39, 0.29) is 10.8 Å². The second-order valence-corrected chi connectivity index (χ2v) is 4.77. The molecule has 0 bridgehead atoms. The van der Waals surface area contributed by atoms with Crippen LogP contribution in [0.15, 0.2) is 30.3 Å². The highest BCUT2D eigenvalue weighted by molar-refractivity contribution is 5.67. The fourth-order valence-electron chi connectivity index (χ4n) is 2.17. The number of carbonyl (C=O) groups is 1. The molecule has 1 nitrogen and oxygen atoms in total. The highest BCUT2D eigenvalue weighted by atomic mass is 16.1. The van der Waals surface area contributed by atoms with Gasteiger partial charge < -0.3 is 4.79 Å². The molecular formula is C13H16O. The maximum atomic E-state index is 11.1. The zero-order chi connectivity index (χ0) is 10.2. The summed E-state index contributed by atoms with van der Waals surface area (Å²) in [7, 11) is 0. The van der Waals surface area contributed by atoms with Crippen LogP contribution in [0, 0.1) is 5.41 Å². The third-order valence-corrected chi connectivity index (χ3v) is 3.75. The van der Waals surface area contributed by atoms with Gasteiger partial charge in [-0.2, -0.15) is 0 Å². The van der Waals surface area contributed by atoms with E-state index < -0.39 is 0 Å². The summed E-state index contributed by atoms with van der Waals surface area (Å²) in [6, 6.07) is 10.3. The Hall–Kier alpha value is -1.11. The van der Waals surface area contributed by atoms with Crippen LogP contribution in [0.25, 0.3) is 0 Å². The Kier molecular flexibility index (Phi) is 1.99. The number of carbonyl (C=O) groups excluding carboxylic acids is 1. The van der Waals surface area contributed by atoms with Crippen LogP contribution < -0.4 is 0 Å². The lowest BCUT2D eigenvalue weighted by Gasteiger charge is -2.31. The summed E-state index contributed by atoms with van der Waals surface area (Å²) < 4.78 is 0. The summed E-state index contributed by atoms with van der Waals surface area (Å²) in [6.07, 6.45) is 3.23. The van der Waals surface area contributed by atoms with Crippen molar-refractivity contribution in [2.24, 2.45) is 5.41 Å². The number of hydrogen-bond donors (Lipinski definition) is 0. The van der Waals surface area contributed by atoms with Gasteiger partial charge in [-0.05, 0) is 18.4 Å². The van der Waals surface area contributed by atoms with Crippen molar-refractivity contribution in [3.63, 3.8) is 0 Å². The first-order chi connectivity index (χ1) is 6.62.